The van der Waals surface area contributed by atoms with Gasteiger partial charge in [-0.1, -0.05) is 0 Å². The molecule has 0 spiro atoms. The Morgan fingerprint density at radius 3 is 0.0866 bits per heavy atom. The van der Waals surface area contributed by atoms with Crippen molar-refractivity contribution >= 4 is 1130 Å². The van der Waals surface area contributed by atoms with E-state index in [0.29, 0.717) is 0 Å². The average molecular weight is 4070 g/mol. The van der Waals surface area contributed by atoms with E-state index in [0.717, 1.165) is 0 Å². The average Bonchev–Trinajstić information content (AvgIpc) is 1.16. The van der Waals surface area contributed by atoms with Crippen molar-refractivity contribution in [2.45, 2.75) is 0 Å². The maximum absolute atomic E-state index is 4.83. The monoisotopic (exact) mass is 4060 g/mol. The van der Waals surface area contributed by atoms with Gasteiger partial charge in [0.25, 0.3) is 0 Å². The zero-order chi connectivity index (χ0) is 90.4. The molecule has 0 amide bonds. The van der Waals surface area contributed by atoms with E-state index >= 15 is 0 Å². The number of rotatable bonds is 0. The summed E-state index contributed by atoms with van der Waals surface area (Å²) in [5.74, 6) is 0. The van der Waals surface area contributed by atoms with Crippen LogP contribution in [0.5, 0.6) is 0 Å². The molecular weight excluding hydrogens is 4070 g/mol. The lowest BCUT2D eigenvalue weighted by Crippen LogP contribution is -1.42. The molecule has 0 atom stereocenters. The zero-order valence-corrected chi connectivity index (χ0v) is 156. The molecule has 0 radical (unpaired) electrons. The van der Waals surface area contributed by atoms with Crippen LogP contribution >= 0.6 is 0 Å². The van der Waals surface area contributed by atoms with E-state index in [9.17, 15) is 0 Å². The van der Waals surface area contributed by atoms with Crippen LogP contribution < -0.4 is 0 Å². The van der Waals surface area contributed by atoms with Gasteiger partial charge in [-0.3, -0.25) is 0 Å². The van der Waals surface area contributed by atoms with Crippen LogP contribution in [-0.2, 0) is 1130 Å². The van der Waals surface area contributed by atoms with Crippen molar-refractivity contribution in [2.75, 3.05) is 0 Å². The summed E-state index contributed by atoms with van der Waals surface area (Å²) in [6, 6.07) is 0. The summed E-state index contributed by atoms with van der Waals surface area (Å²) in [4.78, 5) is 0. The van der Waals surface area contributed by atoms with Gasteiger partial charge in [0.15, 0.2) is 0 Å². The first-order valence-corrected chi connectivity index (χ1v) is 189. The lowest BCUT2D eigenvalue weighted by Gasteiger charge is -1.41. The Labute approximate surface area is 1100 Å². The summed E-state index contributed by atoms with van der Waals surface area (Å²) in [5.41, 5.74) is 0. The molecule has 0 aromatic heterocycles. The summed E-state index contributed by atoms with van der Waals surface area (Å²) in [5, 5.41) is 0. The Bertz CT molecular complexity index is 9490. The van der Waals surface area contributed by atoms with Crippen LogP contribution in [0.15, 0.2) is 0 Å². The minimum Gasteiger partial charge on any atom is 0 e. The lowest BCUT2D eigenvalue weighted by molar-refractivity contribution is 5.95. The van der Waals surface area contributed by atoms with Crippen molar-refractivity contribution in [1.82, 2.24) is 0 Å². The predicted molar refractivity (Wildman–Crippen MR) is 935 cm³/mol. The highest BCUT2D eigenvalue weighted by Crippen LogP contribution is 1.53. The van der Waals surface area contributed by atoms with E-state index in [2.05, 4.69) is 0 Å². The molecule has 0 aromatic rings. The van der Waals surface area contributed by atoms with Gasteiger partial charge in [-0.15, -0.1) is 0 Å². The molecule has 0 N–H and O–H groups in total. The quantitative estimate of drug-likeness (QED) is 0.328. The first-order valence-electron chi connectivity index (χ1n) is 21.0. The van der Waals surface area contributed by atoms with Crippen molar-refractivity contribution in [1.29, 1.82) is 0 Å². The van der Waals surface area contributed by atoms with E-state index in [1.807, 2.05) is 986 Å². The summed E-state index contributed by atoms with van der Waals surface area (Å²) in [6.45, 7) is 0. The highest BCUT2D eigenvalue weighted by molar-refractivity contribution is 8.90. The fourth-order valence-corrected chi connectivity index (χ4v) is 339. The van der Waals surface area contributed by atoms with Crippen LogP contribution in [0.25, 0.3) is 0 Å². The third-order valence-electron chi connectivity index (χ3n) is 3.44. The number of hydrogen-bond donors (Lipinski definition) is 0. The minimum absolute atomic E-state index is 1.37. The Balaban J connectivity index is 6.20. The highest BCUT2D eigenvalue weighted by Gasteiger charge is 1.53. The molecule has 762 valence electrons. The third kappa shape index (κ3) is 154. The fraction of sp³-hybridized carbons (Fsp3) is 0. The Hall–Kier alpha value is 27.9. The van der Waals surface area contributed by atoms with Crippen molar-refractivity contribution in [3.63, 3.8) is 0 Å². The van der Waals surface area contributed by atoms with E-state index in [-0.39, 0.29) is 0 Å². The van der Waals surface area contributed by atoms with Crippen LogP contribution in [-0.4, -0.2) is 0 Å². The molecule has 0 aromatic carbocycles. The summed E-state index contributed by atoms with van der Waals surface area (Å²) in [7, 11) is 227. The normalized spacial score (nSPS) is 7.91. The maximum Gasteiger partial charge on any atom is 0 e. The first kappa shape index (κ1) is 155. The summed E-state index contributed by atoms with van der Waals surface area (Å²) < 4.78 is 0. The van der Waals surface area contributed by atoms with Crippen molar-refractivity contribution in [2.24, 2.45) is 0 Å². The summed E-state index contributed by atoms with van der Waals surface area (Å²) >= 11 is 9.67. The fourth-order valence-electron chi connectivity index (χ4n) is 1.39. The minimum atomic E-state index is 1.37. The van der Waals surface area contributed by atoms with Gasteiger partial charge < -0.3 is 0 Å². The van der Waals surface area contributed by atoms with Gasteiger partial charge in [0.05, 0.1) is 0 Å². The second-order valence-electron chi connectivity index (χ2n) is 8.51. The molecule has 127 heavy (non-hydrogen) atoms. The van der Waals surface area contributed by atoms with Crippen LogP contribution in [0.1, 0.15) is 0 Å². The summed E-state index contributed by atoms with van der Waals surface area (Å²) in [6.07, 6.45) is 0. The van der Waals surface area contributed by atoms with Crippen LogP contribution in [0.3, 0.4) is 0 Å². The van der Waals surface area contributed by atoms with Gasteiger partial charge in [0.1, 0.15) is 0 Å². The molecule has 0 aliphatic carbocycles. The zero-order valence-electron chi connectivity index (χ0n) is 51.8. The van der Waals surface area contributed by atoms with Crippen LogP contribution in [0, 0.1) is 0 Å². The molecule has 0 unspecified atom stereocenters. The second-order valence-corrected chi connectivity index (χ2v) is 230. The van der Waals surface area contributed by atoms with Crippen molar-refractivity contribution in [3.8, 4) is 0 Å². The van der Waals surface area contributed by atoms with Gasteiger partial charge in [-0.25, -0.2) is 0 Å². The maximum atomic E-state index is 4.83. The molecule has 0 nitrogen and oxygen atoms in total. The molecule has 127 heteroatoms. The van der Waals surface area contributed by atoms with Gasteiger partial charge in [-0.05, 0) is 0 Å². The largest absolute Gasteiger partial charge is 0 e. The Kier molecular flexibility index (Phi) is 188. The molecule has 0 fully saturated rings. The molecule has 0 heterocycles. The van der Waals surface area contributed by atoms with Gasteiger partial charge in [0, 0.05) is 1130 Å². The molecule has 0 aliphatic heterocycles. The SMILES string of the molecule is S=S=S=S=S=S=S=S=S=S=S=S=S=S=S=S=S=S=S=S=S=S=S=S=S=S=S=S=S=S=S=S=S=S=S=S=S=S=S=S=S=S=S=S=S=S=S=S=S=S=S=S=S=S=S=S=S=S=S=S=S=S=S=S=S=S=S=S=S=S=S=S=S=S=S=S=S=S=S=S=S=S=S=S=S=S=S=S=S=S=S=S=S=S=S=S=S=S=S=S=S=S=S=S=S=S=S=S=S=S=S=S=S=S=S=S=S=S=S=S=S=S=S=S=S=S=S. The Morgan fingerprint density at radius 1 is 0.0394 bits per heavy atom. The first-order chi connectivity index (χ1) is 63.4. The Morgan fingerprint density at radius 2 is 0.0630 bits per heavy atom. The molecule has 0 bridgehead atoms. The van der Waals surface area contributed by atoms with E-state index in [1.54, 1.807) is 107 Å². The van der Waals surface area contributed by atoms with E-state index in [4.69, 9.17) is 22.4 Å². The standard InChI is InChI=1S/S127/c1-3-5-7-9-11-13-15-17-19-21-23-25-27-29-31-33-35-37-39-41-43-45-47-49-51-53-55-57-59-61-63-65-67-69-71-73-75-77-79-81-83-85-87-89-91-93-95-97-99-101-103-105-107-109-111-113-115-117-119-121-123-125-127-126-124-122-120-118-116-114-112-110-108-106-104-102-100-98-96-94-92-90-88-86-84-82-80-78-76-74-72-70-68-66-64-62-60-58-56-54-52-50-48-46-44-42-40-38-36-34-32-30-28-26-24-22-20-18-16-14-12-10-8-6-4-2. The van der Waals surface area contributed by atoms with Crippen LogP contribution in [0.4, 0.5) is 0 Å². The van der Waals surface area contributed by atoms with Gasteiger partial charge >= 0.3 is 0 Å². The van der Waals surface area contributed by atoms with Gasteiger partial charge in [0.2, 0.25) is 0 Å². The molecule has 0 aliphatic rings. The predicted octanol–water partition coefficient (Wildman–Crippen LogP) is -0.305. The van der Waals surface area contributed by atoms with Crippen molar-refractivity contribution < 1.29 is 0 Å². The lowest BCUT2D eigenvalue weighted by atomic mass is 30.7. The molecular formula is S127. The van der Waals surface area contributed by atoms with E-state index < -0.39 is 0 Å². The second kappa shape index (κ2) is 154. The molecule has 0 saturated heterocycles. The number of hydrogen-bond acceptors (Lipinski definition) is 2. The molecule has 0 saturated carbocycles. The highest BCUT2D eigenvalue weighted by atomic mass is 33.6. The molecule has 0 rings (SSSR count). The van der Waals surface area contributed by atoms with Crippen molar-refractivity contribution in [3.05, 3.63) is 0 Å². The van der Waals surface area contributed by atoms with E-state index in [1.165, 1.54) is 17.8 Å². The third-order valence-corrected chi connectivity index (χ3v) is 279. The smallest absolute Gasteiger partial charge is 0 e. The topological polar surface area (TPSA) is 0 Å². The van der Waals surface area contributed by atoms with Crippen LogP contribution in [0.2, 0.25) is 0 Å². The van der Waals surface area contributed by atoms with Gasteiger partial charge in [-0.2, -0.15) is 0 Å².